The number of benzene rings is 2. The van der Waals surface area contributed by atoms with Crippen LogP contribution in [0.4, 0.5) is 4.79 Å². The molecule has 0 radical (unpaired) electrons. The van der Waals surface area contributed by atoms with Gasteiger partial charge in [-0.1, -0.05) is 48.2 Å². The Morgan fingerprint density at radius 2 is 1.88 bits per heavy atom. The zero-order valence-corrected chi connectivity index (χ0v) is 19.9. The maximum absolute atomic E-state index is 12.9. The fraction of sp³-hybridized carbons (Fsp3) is 0.304. The Morgan fingerprint density at radius 3 is 2.62 bits per heavy atom. The summed E-state index contributed by atoms with van der Waals surface area (Å²) in [5.74, 6) is -1.09. The van der Waals surface area contributed by atoms with Gasteiger partial charge in [-0.15, -0.1) is 5.10 Å². The van der Waals surface area contributed by atoms with Crippen LogP contribution in [0.2, 0.25) is 0 Å². The normalized spacial score (nSPS) is 17.7. The lowest BCUT2D eigenvalue weighted by atomic mass is 9.93. The number of imide groups is 1. The van der Waals surface area contributed by atoms with Gasteiger partial charge >= 0.3 is 6.03 Å². The molecule has 3 aromatic rings. The maximum atomic E-state index is 12.9. The highest BCUT2D eigenvalue weighted by atomic mass is 32.2. The minimum Gasteiger partial charge on any atom is -0.322 e. The molecule has 0 aliphatic carbocycles. The van der Waals surface area contributed by atoms with E-state index in [1.807, 2.05) is 62.4 Å². The molecular formula is C23H25N7O3S. The third-order valence-electron chi connectivity index (χ3n) is 5.76. The monoisotopic (exact) mass is 479 g/mol. The minimum absolute atomic E-state index is 0.0804. The van der Waals surface area contributed by atoms with Crippen molar-refractivity contribution in [3.63, 3.8) is 0 Å². The van der Waals surface area contributed by atoms with Crippen molar-refractivity contribution in [2.24, 2.45) is 0 Å². The van der Waals surface area contributed by atoms with Crippen LogP contribution in [-0.4, -0.2) is 54.4 Å². The highest BCUT2D eigenvalue weighted by Crippen LogP contribution is 2.23. The van der Waals surface area contributed by atoms with Crippen LogP contribution in [0.25, 0.3) is 5.69 Å². The number of hydrogen-bond acceptors (Lipinski definition) is 7. The molecule has 1 atom stereocenters. The van der Waals surface area contributed by atoms with Gasteiger partial charge in [0.2, 0.25) is 11.1 Å². The van der Waals surface area contributed by atoms with Crippen LogP contribution in [0.1, 0.15) is 30.0 Å². The standard InChI is InChI=1S/C23H25N7O3S/c1-15-9-10-18(13-16(15)2)29-22(25-27-28-29)34-14-19(31)26-30-20(32)23(3,24-21(30)33)12-11-17-7-5-4-6-8-17/h4-10,13H,11-12,14H2,1-3H3,(H,24,33)(H,26,31)/t23-/m0/s1. The summed E-state index contributed by atoms with van der Waals surface area (Å²) >= 11 is 1.11. The van der Waals surface area contributed by atoms with Gasteiger partial charge in [-0.2, -0.15) is 9.69 Å². The van der Waals surface area contributed by atoms with Gasteiger partial charge in [0, 0.05) is 0 Å². The van der Waals surface area contributed by atoms with E-state index in [2.05, 4.69) is 26.3 Å². The summed E-state index contributed by atoms with van der Waals surface area (Å²) in [6.07, 6.45) is 1.02. The summed E-state index contributed by atoms with van der Waals surface area (Å²) in [6, 6.07) is 14.9. The number of aryl methyl sites for hydroxylation is 3. The Balaban J connectivity index is 1.35. The van der Waals surface area contributed by atoms with Gasteiger partial charge in [0.25, 0.3) is 5.91 Å². The van der Waals surface area contributed by atoms with E-state index in [4.69, 9.17) is 0 Å². The Morgan fingerprint density at radius 1 is 1.12 bits per heavy atom. The lowest BCUT2D eigenvalue weighted by Gasteiger charge is -2.21. The molecule has 1 aliphatic rings. The molecule has 0 saturated carbocycles. The van der Waals surface area contributed by atoms with Crippen LogP contribution in [0.5, 0.6) is 0 Å². The van der Waals surface area contributed by atoms with Crippen molar-refractivity contribution in [3.8, 4) is 5.69 Å². The molecule has 11 heteroatoms. The molecule has 4 amide bonds. The summed E-state index contributed by atoms with van der Waals surface area (Å²) in [5.41, 5.74) is 5.39. The number of carbonyl (C=O) groups excluding carboxylic acids is 3. The lowest BCUT2D eigenvalue weighted by molar-refractivity contribution is -0.138. The van der Waals surface area contributed by atoms with Crippen molar-refractivity contribution in [1.82, 2.24) is 36.0 Å². The first-order valence-electron chi connectivity index (χ1n) is 10.8. The van der Waals surface area contributed by atoms with Gasteiger partial charge in [0.15, 0.2) is 0 Å². The van der Waals surface area contributed by atoms with Crippen molar-refractivity contribution in [3.05, 3.63) is 65.2 Å². The van der Waals surface area contributed by atoms with Crippen molar-refractivity contribution < 1.29 is 14.4 Å². The molecule has 1 aliphatic heterocycles. The van der Waals surface area contributed by atoms with Gasteiger partial charge in [0.1, 0.15) is 5.54 Å². The SMILES string of the molecule is Cc1ccc(-n2nnnc2SCC(=O)NN2C(=O)N[C@@](C)(CCc3ccccc3)C2=O)cc1C. The molecule has 0 spiro atoms. The van der Waals surface area contributed by atoms with Crippen molar-refractivity contribution in [2.45, 2.75) is 44.3 Å². The van der Waals surface area contributed by atoms with E-state index in [0.717, 1.165) is 39.1 Å². The van der Waals surface area contributed by atoms with Crippen LogP contribution < -0.4 is 10.7 Å². The molecule has 1 aromatic heterocycles. The average molecular weight is 480 g/mol. The number of tetrazole rings is 1. The van der Waals surface area contributed by atoms with Gasteiger partial charge in [0.05, 0.1) is 11.4 Å². The summed E-state index contributed by atoms with van der Waals surface area (Å²) in [6.45, 7) is 5.67. The average Bonchev–Trinajstić information content (AvgIpc) is 3.37. The van der Waals surface area contributed by atoms with Crippen LogP contribution >= 0.6 is 11.8 Å². The number of urea groups is 1. The highest BCUT2D eigenvalue weighted by Gasteiger charge is 2.48. The summed E-state index contributed by atoms with van der Waals surface area (Å²) in [7, 11) is 0. The molecule has 1 fully saturated rings. The number of thioether (sulfide) groups is 1. The second-order valence-corrected chi connectivity index (χ2v) is 9.30. The first kappa shape index (κ1) is 23.4. The number of rotatable bonds is 8. The Labute approximate surface area is 201 Å². The number of amides is 4. The van der Waals surface area contributed by atoms with E-state index in [0.29, 0.717) is 18.0 Å². The second kappa shape index (κ2) is 9.64. The van der Waals surface area contributed by atoms with Gasteiger partial charge in [-0.05, 0) is 72.9 Å². The van der Waals surface area contributed by atoms with Crippen LogP contribution in [0, 0.1) is 13.8 Å². The molecule has 1 saturated heterocycles. The number of nitrogens with zero attached hydrogens (tertiary/aromatic N) is 5. The van der Waals surface area contributed by atoms with E-state index >= 15 is 0 Å². The Hall–Kier alpha value is -3.73. The second-order valence-electron chi connectivity index (χ2n) is 8.35. The summed E-state index contributed by atoms with van der Waals surface area (Å²) in [5, 5.41) is 15.5. The molecule has 0 bridgehead atoms. The van der Waals surface area contributed by atoms with Crippen molar-refractivity contribution in [1.29, 1.82) is 0 Å². The molecule has 2 N–H and O–H groups in total. The third-order valence-corrected chi connectivity index (χ3v) is 6.68. The maximum Gasteiger partial charge on any atom is 0.344 e. The van der Waals surface area contributed by atoms with Crippen LogP contribution in [0.15, 0.2) is 53.7 Å². The summed E-state index contributed by atoms with van der Waals surface area (Å²) in [4.78, 5) is 37.9. The van der Waals surface area contributed by atoms with Crippen LogP contribution in [-0.2, 0) is 16.0 Å². The van der Waals surface area contributed by atoms with Crippen LogP contribution in [0.3, 0.4) is 0 Å². The lowest BCUT2D eigenvalue weighted by Crippen LogP contribution is -2.49. The molecule has 34 heavy (non-hydrogen) atoms. The first-order chi connectivity index (χ1) is 16.3. The van der Waals surface area contributed by atoms with E-state index in [1.165, 1.54) is 0 Å². The van der Waals surface area contributed by atoms with Gasteiger partial charge < -0.3 is 5.32 Å². The summed E-state index contributed by atoms with van der Waals surface area (Å²) < 4.78 is 1.54. The predicted octanol–water partition coefficient (Wildman–Crippen LogP) is 2.35. The number of carbonyl (C=O) groups is 3. The highest BCUT2D eigenvalue weighted by molar-refractivity contribution is 7.99. The number of hydrazine groups is 1. The smallest absolute Gasteiger partial charge is 0.322 e. The largest absolute Gasteiger partial charge is 0.344 e. The molecule has 2 aromatic carbocycles. The molecule has 0 unspecified atom stereocenters. The molecule has 4 rings (SSSR count). The quantitative estimate of drug-likeness (QED) is 0.376. The number of aromatic nitrogens is 4. The van der Waals surface area contributed by atoms with E-state index < -0.39 is 23.4 Å². The third kappa shape index (κ3) is 4.93. The van der Waals surface area contributed by atoms with E-state index in [9.17, 15) is 14.4 Å². The Kier molecular flexibility index (Phi) is 6.64. The topological polar surface area (TPSA) is 122 Å². The van der Waals surface area contributed by atoms with Crippen molar-refractivity contribution in [2.75, 3.05) is 5.75 Å². The first-order valence-corrected chi connectivity index (χ1v) is 11.7. The van der Waals surface area contributed by atoms with E-state index in [1.54, 1.807) is 11.6 Å². The molecule has 2 heterocycles. The molecular weight excluding hydrogens is 454 g/mol. The molecule has 10 nitrogen and oxygen atoms in total. The van der Waals surface area contributed by atoms with Gasteiger partial charge in [-0.3, -0.25) is 15.0 Å². The van der Waals surface area contributed by atoms with E-state index in [-0.39, 0.29) is 5.75 Å². The number of hydrogen-bond donors (Lipinski definition) is 2. The minimum atomic E-state index is -1.10. The fourth-order valence-corrected chi connectivity index (χ4v) is 4.25. The number of nitrogens with one attached hydrogen (secondary N) is 2. The zero-order valence-electron chi connectivity index (χ0n) is 19.1. The van der Waals surface area contributed by atoms with Gasteiger partial charge in [-0.25, -0.2) is 4.79 Å². The fourth-order valence-electron chi connectivity index (χ4n) is 3.57. The Bertz CT molecular complexity index is 1230. The zero-order chi connectivity index (χ0) is 24.3. The van der Waals surface area contributed by atoms with Crippen molar-refractivity contribution >= 4 is 29.6 Å². The predicted molar refractivity (Wildman–Crippen MR) is 126 cm³/mol. The molecule has 176 valence electrons.